The van der Waals surface area contributed by atoms with Crippen LogP contribution in [0.3, 0.4) is 0 Å². The van der Waals surface area contributed by atoms with Crippen LogP contribution in [-0.4, -0.2) is 60.8 Å². The summed E-state index contributed by atoms with van der Waals surface area (Å²) < 4.78 is 5.25. The van der Waals surface area contributed by atoms with Crippen molar-refractivity contribution in [2.45, 2.75) is 32.4 Å². The van der Waals surface area contributed by atoms with E-state index in [1.807, 2.05) is 0 Å². The molecule has 0 aromatic carbocycles. The maximum absolute atomic E-state index is 5.25. The van der Waals surface area contributed by atoms with Gasteiger partial charge in [0.2, 0.25) is 0 Å². The lowest BCUT2D eigenvalue weighted by Crippen LogP contribution is -2.53. The highest BCUT2D eigenvalue weighted by Gasteiger charge is 2.30. The van der Waals surface area contributed by atoms with Gasteiger partial charge in [-0.05, 0) is 20.8 Å². The van der Waals surface area contributed by atoms with Crippen LogP contribution >= 0.6 is 0 Å². The number of rotatable bonds is 2. The van der Waals surface area contributed by atoms with Gasteiger partial charge in [0, 0.05) is 38.3 Å². The molecule has 0 N–H and O–H groups in total. The lowest BCUT2D eigenvalue weighted by Gasteiger charge is -2.42. The van der Waals surface area contributed by atoms with Crippen molar-refractivity contribution in [2.24, 2.45) is 0 Å². The molecule has 0 amide bonds. The number of hydrogen-bond acceptors (Lipinski definition) is 3. The summed E-state index contributed by atoms with van der Waals surface area (Å²) in [5.41, 5.74) is 0.335. The molecule has 14 heavy (non-hydrogen) atoms. The van der Waals surface area contributed by atoms with E-state index in [-0.39, 0.29) is 0 Å². The van der Waals surface area contributed by atoms with Gasteiger partial charge in [0.05, 0.1) is 12.7 Å². The van der Waals surface area contributed by atoms with Gasteiger partial charge < -0.3 is 4.74 Å². The SMILES string of the molecule is CC(C)(C)N1CCN(C[C@@H]2CO2)CC1. The summed E-state index contributed by atoms with van der Waals surface area (Å²) in [4.78, 5) is 5.09. The molecule has 2 fully saturated rings. The van der Waals surface area contributed by atoms with E-state index in [1.165, 1.54) is 26.2 Å². The Kier molecular flexibility index (Phi) is 2.82. The van der Waals surface area contributed by atoms with Crippen LogP contribution < -0.4 is 0 Å². The van der Waals surface area contributed by atoms with Crippen LogP contribution in [0.5, 0.6) is 0 Å². The van der Waals surface area contributed by atoms with Gasteiger partial charge in [-0.1, -0.05) is 0 Å². The zero-order valence-corrected chi connectivity index (χ0v) is 9.62. The first-order valence-corrected chi connectivity index (χ1v) is 5.65. The Balaban J connectivity index is 1.74. The van der Waals surface area contributed by atoms with Crippen molar-refractivity contribution in [3.8, 4) is 0 Å². The van der Waals surface area contributed by atoms with Crippen molar-refractivity contribution in [2.75, 3.05) is 39.3 Å². The van der Waals surface area contributed by atoms with E-state index in [1.54, 1.807) is 0 Å². The molecule has 2 saturated heterocycles. The molecular formula is C11H22N2O. The third kappa shape index (κ3) is 2.69. The summed E-state index contributed by atoms with van der Waals surface area (Å²) in [6.07, 6.45) is 0.552. The second-order valence-electron chi connectivity index (χ2n) is 5.41. The summed E-state index contributed by atoms with van der Waals surface area (Å²) in [7, 11) is 0. The van der Waals surface area contributed by atoms with Gasteiger partial charge in [-0.25, -0.2) is 0 Å². The lowest BCUT2D eigenvalue weighted by molar-refractivity contribution is 0.0594. The van der Waals surface area contributed by atoms with Gasteiger partial charge in [-0.2, -0.15) is 0 Å². The summed E-state index contributed by atoms with van der Waals surface area (Å²) in [6.45, 7) is 13.9. The Morgan fingerprint density at radius 2 is 1.71 bits per heavy atom. The molecule has 3 nitrogen and oxygen atoms in total. The highest BCUT2D eigenvalue weighted by molar-refractivity contribution is 4.84. The zero-order chi connectivity index (χ0) is 10.2. The number of nitrogens with zero attached hydrogens (tertiary/aromatic N) is 2. The molecular weight excluding hydrogens is 176 g/mol. The fraction of sp³-hybridized carbons (Fsp3) is 1.00. The van der Waals surface area contributed by atoms with Crippen molar-refractivity contribution in [1.82, 2.24) is 9.80 Å². The summed E-state index contributed by atoms with van der Waals surface area (Å²) in [5, 5.41) is 0. The van der Waals surface area contributed by atoms with Crippen LogP contribution in [0.1, 0.15) is 20.8 Å². The van der Waals surface area contributed by atoms with Crippen LogP contribution in [0.25, 0.3) is 0 Å². The maximum Gasteiger partial charge on any atom is 0.0936 e. The van der Waals surface area contributed by atoms with Crippen molar-refractivity contribution < 1.29 is 4.74 Å². The topological polar surface area (TPSA) is 19.0 Å². The van der Waals surface area contributed by atoms with Crippen LogP contribution in [0.4, 0.5) is 0 Å². The number of piperazine rings is 1. The van der Waals surface area contributed by atoms with Crippen molar-refractivity contribution in [1.29, 1.82) is 0 Å². The first-order chi connectivity index (χ1) is 6.55. The summed E-state index contributed by atoms with van der Waals surface area (Å²) >= 11 is 0. The smallest absolute Gasteiger partial charge is 0.0936 e. The van der Waals surface area contributed by atoms with Crippen LogP contribution in [-0.2, 0) is 4.74 Å². The quantitative estimate of drug-likeness (QED) is 0.612. The largest absolute Gasteiger partial charge is 0.372 e. The Bertz CT molecular complexity index is 188. The van der Waals surface area contributed by atoms with E-state index in [2.05, 4.69) is 30.6 Å². The van der Waals surface area contributed by atoms with Gasteiger partial charge in [-0.3, -0.25) is 9.80 Å². The number of epoxide rings is 1. The Morgan fingerprint density at radius 3 is 2.14 bits per heavy atom. The van der Waals surface area contributed by atoms with Crippen molar-refractivity contribution in [3.05, 3.63) is 0 Å². The molecule has 2 aliphatic heterocycles. The van der Waals surface area contributed by atoms with Gasteiger partial charge in [0.25, 0.3) is 0 Å². The van der Waals surface area contributed by atoms with E-state index >= 15 is 0 Å². The third-order valence-corrected chi connectivity index (χ3v) is 3.19. The molecule has 0 unspecified atom stereocenters. The Labute approximate surface area is 87.0 Å². The average Bonchev–Trinajstić information content (AvgIpc) is 2.88. The molecule has 1 atom stereocenters. The van der Waals surface area contributed by atoms with Gasteiger partial charge in [0.1, 0.15) is 0 Å². The molecule has 2 rings (SSSR count). The van der Waals surface area contributed by atoms with E-state index in [0.29, 0.717) is 11.6 Å². The molecule has 2 heterocycles. The fourth-order valence-corrected chi connectivity index (χ4v) is 2.06. The van der Waals surface area contributed by atoms with Crippen molar-refractivity contribution in [3.63, 3.8) is 0 Å². The van der Waals surface area contributed by atoms with Gasteiger partial charge in [0.15, 0.2) is 0 Å². The van der Waals surface area contributed by atoms with E-state index in [4.69, 9.17) is 4.74 Å². The molecule has 0 saturated carbocycles. The Morgan fingerprint density at radius 1 is 1.14 bits per heavy atom. The molecule has 82 valence electrons. The molecule has 0 radical (unpaired) electrons. The fourth-order valence-electron chi connectivity index (χ4n) is 2.06. The van der Waals surface area contributed by atoms with Crippen LogP contribution in [0.15, 0.2) is 0 Å². The minimum atomic E-state index is 0.335. The zero-order valence-electron chi connectivity index (χ0n) is 9.62. The lowest BCUT2D eigenvalue weighted by atomic mass is 10.0. The van der Waals surface area contributed by atoms with Gasteiger partial charge >= 0.3 is 0 Å². The monoisotopic (exact) mass is 198 g/mol. The molecule has 2 aliphatic rings. The third-order valence-electron chi connectivity index (χ3n) is 3.19. The number of hydrogen-bond donors (Lipinski definition) is 0. The second kappa shape index (κ2) is 3.80. The minimum Gasteiger partial charge on any atom is -0.372 e. The van der Waals surface area contributed by atoms with E-state index in [9.17, 15) is 0 Å². The van der Waals surface area contributed by atoms with Crippen molar-refractivity contribution >= 4 is 0 Å². The highest BCUT2D eigenvalue weighted by Crippen LogP contribution is 2.17. The first-order valence-electron chi connectivity index (χ1n) is 5.65. The van der Waals surface area contributed by atoms with E-state index in [0.717, 1.165) is 13.2 Å². The molecule has 3 heteroatoms. The minimum absolute atomic E-state index is 0.335. The normalized spacial score (nSPS) is 30.6. The second-order valence-corrected chi connectivity index (χ2v) is 5.41. The number of ether oxygens (including phenoxy) is 1. The highest BCUT2D eigenvalue weighted by atomic mass is 16.6. The first kappa shape index (κ1) is 10.4. The standard InChI is InChI=1S/C11H22N2O/c1-11(2,3)13-6-4-12(5-7-13)8-10-9-14-10/h10H,4-9H2,1-3H3/t10-/m1/s1. The molecule has 0 aromatic rings. The van der Waals surface area contributed by atoms with E-state index < -0.39 is 0 Å². The summed E-state index contributed by atoms with van der Waals surface area (Å²) in [6, 6.07) is 0. The molecule has 0 spiro atoms. The molecule has 0 aliphatic carbocycles. The predicted molar refractivity (Wildman–Crippen MR) is 57.5 cm³/mol. The maximum atomic E-state index is 5.25. The predicted octanol–water partition coefficient (Wildman–Crippen LogP) is 0.801. The summed E-state index contributed by atoms with van der Waals surface area (Å²) in [5.74, 6) is 0. The van der Waals surface area contributed by atoms with Crippen LogP contribution in [0, 0.1) is 0 Å². The Hall–Kier alpha value is -0.120. The molecule has 0 bridgehead atoms. The molecule has 0 aromatic heterocycles. The van der Waals surface area contributed by atoms with Crippen LogP contribution in [0.2, 0.25) is 0 Å². The average molecular weight is 198 g/mol. The van der Waals surface area contributed by atoms with Gasteiger partial charge in [-0.15, -0.1) is 0 Å².